The molecule has 23 heavy (non-hydrogen) atoms. The van der Waals surface area contributed by atoms with Crippen LogP contribution in [0.1, 0.15) is 5.56 Å². The van der Waals surface area contributed by atoms with E-state index in [9.17, 15) is 5.11 Å². The van der Waals surface area contributed by atoms with Gasteiger partial charge in [0.1, 0.15) is 5.75 Å². The fourth-order valence-electron chi connectivity index (χ4n) is 2.51. The fourth-order valence-corrected chi connectivity index (χ4v) is 2.69. The summed E-state index contributed by atoms with van der Waals surface area (Å²) in [5, 5.41) is 10.8. The SMILES string of the molecule is Nc1cccc(O)c1CN(c1ccccc1)c1cccc(Cl)c1. The molecule has 3 rings (SSSR count). The largest absolute Gasteiger partial charge is 0.508 e. The molecule has 0 radical (unpaired) electrons. The first-order chi connectivity index (χ1) is 11.1. The Kier molecular flexibility index (Phi) is 4.40. The highest BCUT2D eigenvalue weighted by molar-refractivity contribution is 6.30. The van der Waals surface area contributed by atoms with Crippen molar-refractivity contribution in [3.05, 3.63) is 83.4 Å². The predicted octanol–water partition coefficient (Wildman–Crippen LogP) is 4.97. The lowest BCUT2D eigenvalue weighted by Crippen LogP contribution is -2.17. The number of hydrogen-bond donors (Lipinski definition) is 2. The topological polar surface area (TPSA) is 49.5 Å². The summed E-state index contributed by atoms with van der Waals surface area (Å²) < 4.78 is 0. The maximum atomic E-state index is 10.2. The third kappa shape index (κ3) is 3.41. The molecule has 3 aromatic rings. The molecule has 0 spiro atoms. The average Bonchev–Trinajstić information content (AvgIpc) is 2.55. The van der Waals surface area contributed by atoms with E-state index in [2.05, 4.69) is 4.90 Å². The maximum Gasteiger partial charge on any atom is 0.122 e. The lowest BCUT2D eigenvalue weighted by atomic mass is 10.1. The van der Waals surface area contributed by atoms with Crippen molar-refractivity contribution in [3.63, 3.8) is 0 Å². The second kappa shape index (κ2) is 6.63. The molecule has 0 aliphatic heterocycles. The molecular formula is C19H17ClN2O. The molecular weight excluding hydrogens is 308 g/mol. The lowest BCUT2D eigenvalue weighted by Gasteiger charge is -2.26. The van der Waals surface area contributed by atoms with Gasteiger partial charge in [-0.3, -0.25) is 0 Å². The zero-order chi connectivity index (χ0) is 16.2. The Balaban J connectivity index is 2.06. The standard InChI is InChI=1S/C19H17ClN2O/c20-14-6-4-9-16(12-14)22(15-7-2-1-3-8-15)13-17-18(21)10-5-11-19(17)23/h1-12,23H,13,21H2. The molecule has 0 aliphatic rings. The van der Waals surface area contributed by atoms with Crippen LogP contribution in [0.3, 0.4) is 0 Å². The van der Waals surface area contributed by atoms with Crippen molar-refractivity contribution in [2.75, 3.05) is 10.6 Å². The molecule has 0 amide bonds. The van der Waals surface area contributed by atoms with Crippen LogP contribution < -0.4 is 10.6 Å². The molecule has 0 saturated carbocycles. The van der Waals surface area contributed by atoms with Crippen LogP contribution in [0.15, 0.2) is 72.8 Å². The number of nitrogens with zero attached hydrogens (tertiary/aromatic N) is 1. The van der Waals surface area contributed by atoms with Crippen molar-refractivity contribution in [1.82, 2.24) is 0 Å². The number of para-hydroxylation sites is 1. The van der Waals surface area contributed by atoms with Gasteiger partial charge >= 0.3 is 0 Å². The second-order valence-electron chi connectivity index (χ2n) is 5.25. The molecule has 0 fully saturated rings. The summed E-state index contributed by atoms with van der Waals surface area (Å²) in [7, 11) is 0. The Bertz CT molecular complexity index is 785. The van der Waals surface area contributed by atoms with E-state index >= 15 is 0 Å². The number of rotatable bonds is 4. The monoisotopic (exact) mass is 324 g/mol. The van der Waals surface area contributed by atoms with Gasteiger partial charge in [-0.15, -0.1) is 0 Å². The lowest BCUT2D eigenvalue weighted by molar-refractivity contribution is 0.468. The summed E-state index contributed by atoms with van der Waals surface area (Å²) in [6.07, 6.45) is 0. The predicted molar refractivity (Wildman–Crippen MR) is 96.3 cm³/mol. The van der Waals surface area contributed by atoms with E-state index in [0.717, 1.165) is 11.4 Å². The first-order valence-electron chi connectivity index (χ1n) is 7.29. The minimum Gasteiger partial charge on any atom is -0.508 e. The first kappa shape index (κ1) is 15.3. The van der Waals surface area contributed by atoms with Crippen LogP contribution in [-0.2, 0) is 6.54 Å². The highest BCUT2D eigenvalue weighted by Gasteiger charge is 2.14. The van der Waals surface area contributed by atoms with Gasteiger partial charge in [0.2, 0.25) is 0 Å². The summed E-state index contributed by atoms with van der Waals surface area (Å²) in [5.41, 5.74) is 9.23. The van der Waals surface area contributed by atoms with Gasteiger partial charge in [-0.1, -0.05) is 41.9 Å². The van der Waals surface area contributed by atoms with Crippen molar-refractivity contribution < 1.29 is 5.11 Å². The number of phenols is 1. The number of halogens is 1. The fraction of sp³-hybridized carbons (Fsp3) is 0.0526. The quantitative estimate of drug-likeness (QED) is 0.666. The minimum absolute atomic E-state index is 0.188. The zero-order valence-electron chi connectivity index (χ0n) is 12.5. The first-order valence-corrected chi connectivity index (χ1v) is 7.67. The van der Waals surface area contributed by atoms with Crippen LogP contribution in [-0.4, -0.2) is 5.11 Å². The molecule has 0 heterocycles. The van der Waals surface area contributed by atoms with E-state index in [-0.39, 0.29) is 5.75 Å². The normalized spacial score (nSPS) is 10.5. The van der Waals surface area contributed by atoms with E-state index < -0.39 is 0 Å². The summed E-state index contributed by atoms with van der Waals surface area (Å²) >= 11 is 6.14. The summed E-state index contributed by atoms with van der Waals surface area (Å²) in [4.78, 5) is 2.07. The highest BCUT2D eigenvalue weighted by atomic mass is 35.5. The molecule has 3 nitrogen and oxygen atoms in total. The Labute approximate surface area is 140 Å². The van der Waals surface area contributed by atoms with Gasteiger partial charge in [-0.2, -0.15) is 0 Å². The third-order valence-corrected chi connectivity index (χ3v) is 3.93. The molecule has 3 aromatic carbocycles. The Morgan fingerprint density at radius 2 is 1.57 bits per heavy atom. The Hall–Kier alpha value is -2.65. The molecule has 3 N–H and O–H groups in total. The molecule has 0 bridgehead atoms. The van der Waals surface area contributed by atoms with Crippen LogP contribution >= 0.6 is 11.6 Å². The number of hydrogen-bond acceptors (Lipinski definition) is 3. The Morgan fingerprint density at radius 1 is 0.870 bits per heavy atom. The second-order valence-corrected chi connectivity index (χ2v) is 5.68. The smallest absolute Gasteiger partial charge is 0.122 e. The van der Waals surface area contributed by atoms with Crippen molar-refractivity contribution in [3.8, 4) is 5.75 Å². The van der Waals surface area contributed by atoms with Crippen LogP contribution in [0.4, 0.5) is 17.1 Å². The molecule has 116 valence electrons. The number of anilines is 3. The van der Waals surface area contributed by atoms with Crippen molar-refractivity contribution >= 4 is 28.7 Å². The van der Waals surface area contributed by atoms with Gasteiger partial charge < -0.3 is 15.7 Å². The van der Waals surface area contributed by atoms with E-state index in [1.54, 1.807) is 18.2 Å². The van der Waals surface area contributed by atoms with Gasteiger partial charge in [0.05, 0.1) is 6.54 Å². The van der Waals surface area contributed by atoms with Crippen molar-refractivity contribution in [2.24, 2.45) is 0 Å². The average molecular weight is 325 g/mol. The van der Waals surface area contributed by atoms with E-state index in [1.807, 2.05) is 54.6 Å². The van der Waals surface area contributed by atoms with Crippen LogP contribution in [0, 0.1) is 0 Å². The van der Waals surface area contributed by atoms with Crippen LogP contribution in [0.25, 0.3) is 0 Å². The van der Waals surface area contributed by atoms with Gasteiger partial charge in [-0.25, -0.2) is 0 Å². The van der Waals surface area contributed by atoms with Crippen molar-refractivity contribution in [2.45, 2.75) is 6.54 Å². The molecule has 4 heteroatoms. The highest BCUT2D eigenvalue weighted by Crippen LogP contribution is 2.33. The van der Waals surface area contributed by atoms with Crippen LogP contribution in [0.5, 0.6) is 5.75 Å². The molecule has 0 atom stereocenters. The van der Waals surface area contributed by atoms with Crippen molar-refractivity contribution in [1.29, 1.82) is 0 Å². The third-order valence-electron chi connectivity index (χ3n) is 3.69. The summed E-state index contributed by atoms with van der Waals surface area (Å²) in [5.74, 6) is 0.188. The van der Waals surface area contributed by atoms with E-state index in [0.29, 0.717) is 22.8 Å². The number of aromatic hydroxyl groups is 1. The zero-order valence-corrected chi connectivity index (χ0v) is 13.2. The Morgan fingerprint density at radius 3 is 2.26 bits per heavy atom. The maximum absolute atomic E-state index is 10.2. The number of benzene rings is 3. The minimum atomic E-state index is 0.188. The van der Waals surface area contributed by atoms with Crippen LogP contribution in [0.2, 0.25) is 5.02 Å². The van der Waals surface area contributed by atoms with Gasteiger partial charge in [0.25, 0.3) is 0 Å². The van der Waals surface area contributed by atoms with Gasteiger partial charge in [-0.05, 0) is 42.5 Å². The molecule has 0 aromatic heterocycles. The van der Waals surface area contributed by atoms with Gasteiger partial charge in [0, 0.05) is 27.6 Å². The summed E-state index contributed by atoms with van der Waals surface area (Å²) in [6, 6.07) is 22.7. The van der Waals surface area contributed by atoms with E-state index in [1.165, 1.54) is 0 Å². The number of phenolic OH excluding ortho intramolecular Hbond substituents is 1. The molecule has 0 saturated heterocycles. The molecule has 0 aliphatic carbocycles. The number of nitrogens with two attached hydrogens (primary N) is 1. The van der Waals surface area contributed by atoms with E-state index in [4.69, 9.17) is 17.3 Å². The summed E-state index contributed by atoms with van der Waals surface area (Å²) in [6.45, 7) is 0.447. The molecule has 0 unspecified atom stereocenters. The number of nitrogen functional groups attached to an aromatic ring is 1. The van der Waals surface area contributed by atoms with Gasteiger partial charge in [0.15, 0.2) is 0 Å².